The fourth-order valence-corrected chi connectivity index (χ4v) is 8.20. The molecule has 3 aliphatic rings. The van der Waals surface area contributed by atoms with Crippen LogP contribution in [0.2, 0.25) is 0 Å². The monoisotopic (exact) mass is 719 g/mol. The number of likely N-dealkylation sites (tertiary alicyclic amines) is 1. The molecule has 8 rings (SSSR count). The number of aliphatic hydroxyl groups excluding tert-OH is 2. The van der Waals surface area contributed by atoms with Crippen LogP contribution in [0.25, 0.3) is 11.2 Å². The molecule has 53 heavy (non-hydrogen) atoms. The lowest BCUT2D eigenvalue weighted by Crippen LogP contribution is -2.47. The fraction of sp³-hybridized carbons (Fsp3) is 0.462. The Labute approximate surface area is 309 Å². The highest BCUT2D eigenvalue weighted by Crippen LogP contribution is 2.40. The van der Waals surface area contributed by atoms with Crippen LogP contribution in [0.15, 0.2) is 79.4 Å². The highest BCUT2D eigenvalue weighted by atomic mass is 16.3. The van der Waals surface area contributed by atoms with E-state index in [0.717, 1.165) is 37.9 Å². The average molecular weight is 720 g/mol. The summed E-state index contributed by atoms with van der Waals surface area (Å²) in [5, 5.41) is 37.1. The van der Waals surface area contributed by atoms with Gasteiger partial charge >= 0.3 is 6.03 Å². The van der Waals surface area contributed by atoms with Gasteiger partial charge in [0.25, 0.3) is 0 Å². The Hall–Kier alpha value is -5.05. The minimum atomic E-state index is -1.06. The molecule has 14 heteroatoms. The van der Waals surface area contributed by atoms with Crippen molar-refractivity contribution in [3.8, 4) is 0 Å². The molecule has 4 unspecified atom stereocenters. The first-order chi connectivity index (χ1) is 25.8. The molecule has 0 radical (unpaired) electrons. The molecule has 14 nitrogen and oxygen atoms in total. The summed E-state index contributed by atoms with van der Waals surface area (Å²) in [6.07, 6.45) is 6.37. The molecule has 278 valence electrons. The van der Waals surface area contributed by atoms with Crippen molar-refractivity contribution in [2.24, 2.45) is 0 Å². The summed E-state index contributed by atoms with van der Waals surface area (Å²) in [6, 6.07) is 19.9. The topological polar surface area (TPSA) is 162 Å². The molecule has 5 heterocycles. The Morgan fingerprint density at radius 2 is 1.58 bits per heavy atom. The maximum atomic E-state index is 12.9. The first kappa shape index (κ1) is 35.0. The lowest BCUT2D eigenvalue weighted by atomic mass is 9.91. The number of imidazole rings is 1. The Morgan fingerprint density at radius 1 is 0.906 bits per heavy atom. The van der Waals surface area contributed by atoms with Crippen LogP contribution in [0.3, 0.4) is 0 Å². The number of hydrogen-bond donors (Lipinski definition) is 5. The lowest BCUT2D eigenvalue weighted by Gasteiger charge is -2.22. The second kappa shape index (κ2) is 15.1. The number of carbonyl (C=O) groups excluding carboxylic acids is 1. The van der Waals surface area contributed by atoms with Gasteiger partial charge in [0.15, 0.2) is 17.0 Å². The van der Waals surface area contributed by atoms with E-state index in [1.165, 1.54) is 11.1 Å². The van der Waals surface area contributed by atoms with Crippen molar-refractivity contribution in [3.05, 3.63) is 96.1 Å². The number of hydrogen-bond acceptors (Lipinski definition) is 10. The van der Waals surface area contributed by atoms with E-state index in [-0.39, 0.29) is 24.0 Å². The average Bonchev–Trinajstić information content (AvgIpc) is 4.03. The molecule has 2 aromatic carbocycles. The van der Waals surface area contributed by atoms with Crippen molar-refractivity contribution in [2.75, 3.05) is 50.0 Å². The predicted molar refractivity (Wildman–Crippen MR) is 203 cm³/mol. The molecule has 5 N–H and O–H groups in total. The van der Waals surface area contributed by atoms with Crippen LogP contribution in [-0.4, -0.2) is 115 Å². The van der Waals surface area contributed by atoms with E-state index >= 15 is 0 Å². The van der Waals surface area contributed by atoms with Crippen LogP contribution >= 0.6 is 0 Å². The minimum absolute atomic E-state index is 0.0427. The zero-order valence-corrected chi connectivity index (χ0v) is 30.3. The molecule has 2 amide bonds. The molecule has 5 aromatic rings. The smallest absolute Gasteiger partial charge is 0.315 e. The normalized spacial score (nSPS) is 24.7. The van der Waals surface area contributed by atoms with E-state index in [1.807, 2.05) is 29.1 Å². The molecule has 1 saturated carbocycles. The number of likely N-dealkylation sites (N-methyl/N-ethyl adjacent to an activating group) is 1. The van der Waals surface area contributed by atoms with Crippen LogP contribution < -0.4 is 20.9 Å². The fourth-order valence-electron chi connectivity index (χ4n) is 8.20. The number of anilines is 2. The van der Waals surface area contributed by atoms with Gasteiger partial charge in [0.05, 0.1) is 24.6 Å². The lowest BCUT2D eigenvalue weighted by molar-refractivity contribution is 0.00721. The van der Waals surface area contributed by atoms with Crippen molar-refractivity contribution in [2.45, 2.75) is 74.9 Å². The minimum Gasteiger partial charge on any atom is -0.388 e. The number of carbonyl (C=O) groups is 1. The third-order valence-corrected chi connectivity index (χ3v) is 11.2. The summed E-state index contributed by atoms with van der Waals surface area (Å²) < 4.78 is 3.65. The van der Waals surface area contributed by atoms with Gasteiger partial charge in [0.2, 0.25) is 5.95 Å². The number of benzene rings is 2. The van der Waals surface area contributed by atoms with E-state index in [4.69, 9.17) is 15.0 Å². The highest BCUT2D eigenvalue weighted by Gasteiger charge is 2.44. The second-order valence-corrected chi connectivity index (χ2v) is 14.8. The van der Waals surface area contributed by atoms with Crippen LogP contribution in [0.1, 0.15) is 60.9 Å². The summed E-state index contributed by atoms with van der Waals surface area (Å²) in [7, 11) is 2.07. The van der Waals surface area contributed by atoms with E-state index in [0.29, 0.717) is 49.0 Å². The number of aliphatic hydroxyl groups is 2. The third-order valence-electron chi connectivity index (χ3n) is 11.2. The van der Waals surface area contributed by atoms with Crippen molar-refractivity contribution in [1.29, 1.82) is 0 Å². The molecule has 3 aromatic heterocycles. The summed E-state index contributed by atoms with van der Waals surface area (Å²) in [5.74, 6) is 1.15. The molecule has 2 aliphatic heterocycles. The van der Waals surface area contributed by atoms with Crippen molar-refractivity contribution < 1.29 is 15.0 Å². The Bertz CT molecular complexity index is 1960. The van der Waals surface area contributed by atoms with E-state index in [9.17, 15) is 15.0 Å². The highest BCUT2D eigenvalue weighted by molar-refractivity contribution is 5.84. The van der Waals surface area contributed by atoms with Gasteiger partial charge in [-0.05, 0) is 56.0 Å². The zero-order valence-electron chi connectivity index (χ0n) is 30.3. The van der Waals surface area contributed by atoms with Gasteiger partial charge in [0.1, 0.15) is 12.2 Å². The first-order valence-corrected chi connectivity index (χ1v) is 18.8. The van der Waals surface area contributed by atoms with Crippen LogP contribution in [-0.2, 0) is 6.42 Å². The quantitative estimate of drug-likeness (QED) is 0.137. The Balaban J connectivity index is 1.09. The Kier molecular flexibility index (Phi) is 9.99. The number of fused-ring (bicyclic) bond motifs is 1. The number of nitrogens with one attached hydrogen (secondary N) is 3. The third kappa shape index (κ3) is 7.31. The van der Waals surface area contributed by atoms with Gasteiger partial charge in [-0.15, -0.1) is 0 Å². The SMILES string of the molecule is CCc1cnn(C2CC(n3cnc4c(NCC(c5ccccc5)c5ccccc5)nc(N5CCC(NC(=O)NC6CCN(C)C6)C5)nc43)[C@H](O)[C@@H]2O)c1. The standard InChI is InChI=1S/C39H49N11O3/c1-3-25-19-42-50(21-25)32-18-31(34(51)35(32)52)49-24-41-33-36(40-20-30(26-10-6-4-7-11-26)27-12-8-5-9-13-27)45-38(46-37(33)49)48-17-15-29(23-48)44-39(53)43-28-14-16-47(2)22-28/h4-13,19,21,24,28-32,34-35,51-52H,3,14-18,20,22-23H2,1-2H3,(H,40,45,46)(H2,43,44,53)/t28?,29?,31?,32?,34-,35+/m0/s1. The predicted octanol–water partition coefficient (Wildman–Crippen LogP) is 3.32. The van der Waals surface area contributed by atoms with Gasteiger partial charge < -0.3 is 40.5 Å². The zero-order chi connectivity index (χ0) is 36.5. The van der Waals surface area contributed by atoms with Crippen LogP contribution in [0, 0.1) is 0 Å². The first-order valence-electron chi connectivity index (χ1n) is 18.8. The molecule has 0 bridgehead atoms. The van der Waals surface area contributed by atoms with Crippen molar-refractivity contribution in [3.63, 3.8) is 0 Å². The molecule has 3 fully saturated rings. The molecule has 6 atom stereocenters. The molecule has 0 spiro atoms. The van der Waals surface area contributed by atoms with E-state index in [2.05, 4.69) is 93.4 Å². The Morgan fingerprint density at radius 3 is 2.25 bits per heavy atom. The number of nitrogens with zero attached hydrogens (tertiary/aromatic N) is 8. The van der Waals surface area contributed by atoms with E-state index < -0.39 is 24.3 Å². The van der Waals surface area contributed by atoms with Crippen LogP contribution in [0.4, 0.5) is 16.6 Å². The summed E-state index contributed by atoms with van der Waals surface area (Å²) >= 11 is 0. The molecular formula is C39H49N11O3. The maximum Gasteiger partial charge on any atom is 0.315 e. The largest absolute Gasteiger partial charge is 0.388 e. The molecular weight excluding hydrogens is 671 g/mol. The number of urea groups is 1. The number of rotatable bonds is 11. The second-order valence-electron chi connectivity index (χ2n) is 14.8. The number of amides is 2. The van der Waals surface area contributed by atoms with Gasteiger partial charge in [-0.2, -0.15) is 15.1 Å². The number of aryl methyl sites for hydroxylation is 1. The van der Waals surface area contributed by atoms with Crippen LogP contribution in [0.5, 0.6) is 0 Å². The molecule has 1 aliphatic carbocycles. The van der Waals surface area contributed by atoms with E-state index in [1.54, 1.807) is 11.0 Å². The van der Waals surface area contributed by atoms with Gasteiger partial charge in [-0.3, -0.25) is 4.68 Å². The number of aromatic nitrogens is 6. The summed E-state index contributed by atoms with van der Waals surface area (Å²) in [4.78, 5) is 32.2. The maximum absolute atomic E-state index is 12.9. The summed E-state index contributed by atoms with van der Waals surface area (Å²) in [6.45, 7) is 5.67. The molecule has 2 saturated heterocycles. The van der Waals surface area contributed by atoms with Gasteiger partial charge in [-0.25, -0.2) is 9.78 Å². The summed E-state index contributed by atoms with van der Waals surface area (Å²) in [5.41, 5.74) is 4.58. The van der Waals surface area contributed by atoms with Gasteiger partial charge in [-0.1, -0.05) is 67.6 Å². The van der Waals surface area contributed by atoms with Crippen molar-refractivity contribution >= 4 is 29.0 Å². The van der Waals surface area contributed by atoms with Crippen molar-refractivity contribution in [1.82, 2.24) is 44.8 Å². The van der Waals surface area contributed by atoms with Gasteiger partial charge in [0, 0.05) is 50.4 Å².